The number of nitrogens with zero attached hydrogens (tertiary/aromatic N) is 2. The lowest BCUT2D eigenvalue weighted by Gasteiger charge is -2.03. The van der Waals surface area contributed by atoms with Gasteiger partial charge in [0.05, 0.1) is 12.0 Å². The first-order chi connectivity index (χ1) is 7.86. The summed E-state index contributed by atoms with van der Waals surface area (Å²) in [5.74, 6) is -0.0852. The second-order valence-corrected chi connectivity index (χ2v) is 3.30. The number of rotatable bonds is 4. The molecule has 2 N–H and O–H groups in total. The van der Waals surface area contributed by atoms with Gasteiger partial charge in [0.15, 0.2) is 0 Å². The van der Waals surface area contributed by atoms with Crippen LogP contribution in [0, 0.1) is 0 Å². The van der Waals surface area contributed by atoms with Crippen molar-refractivity contribution in [3.8, 4) is 0 Å². The number of H-pyrrole nitrogens is 1. The van der Waals surface area contributed by atoms with Gasteiger partial charge in [-0.2, -0.15) is 0 Å². The topological polar surface area (TPSA) is 70.7 Å². The van der Waals surface area contributed by atoms with Crippen molar-refractivity contribution in [2.24, 2.45) is 0 Å². The van der Waals surface area contributed by atoms with Gasteiger partial charge in [-0.15, -0.1) is 0 Å². The molecule has 2 rings (SSSR count). The molecule has 5 nitrogen and oxygen atoms in total. The van der Waals surface area contributed by atoms with Crippen LogP contribution in [0.15, 0.2) is 37.1 Å². The molecule has 0 aliphatic rings. The molecule has 0 aromatic carbocycles. The summed E-state index contributed by atoms with van der Waals surface area (Å²) in [5, 5.41) is 2.82. The van der Waals surface area contributed by atoms with Crippen LogP contribution in [0.3, 0.4) is 0 Å². The Labute approximate surface area is 92.9 Å². The number of carbonyl (C=O) groups excluding carboxylic acids is 1. The minimum Gasteiger partial charge on any atom is -0.352 e. The van der Waals surface area contributed by atoms with E-state index in [2.05, 4.69) is 20.3 Å². The SMILES string of the molecule is O=C(NCCc1c[nH]cn1)c1ccncc1. The van der Waals surface area contributed by atoms with Gasteiger partial charge < -0.3 is 10.3 Å². The van der Waals surface area contributed by atoms with Gasteiger partial charge in [-0.3, -0.25) is 9.78 Å². The van der Waals surface area contributed by atoms with E-state index in [9.17, 15) is 4.79 Å². The van der Waals surface area contributed by atoms with E-state index in [4.69, 9.17) is 0 Å². The number of nitrogens with one attached hydrogen (secondary N) is 2. The Morgan fingerprint density at radius 1 is 1.38 bits per heavy atom. The normalized spacial score (nSPS) is 10.0. The summed E-state index contributed by atoms with van der Waals surface area (Å²) in [6.07, 6.45) is 7.37. The van der Waals surface area contributed by atoms with E-state index in [1.807, 2.05) is 6.20 Å². The smallest absolute Gasteiger partial charge is 0.251 e. The molecular weight excluding hydrogens is 204 g/mol. The second kappa shape index (κ2) is 5.06. The first-order valence-electron chi connectivity index (χ1n) is 5.02. The molecule has 2 heterocycles. The van der Waals surface area contributed by atoms with Crippen LogP contribution >= 0.6 is 0 Å². The summed E-state index contributed by atoms with van der Waals surface area (Å²) in [5.41, 5.74) is 1.56. The van der Waals surface area contributed by atoms with E-state index >= 15 is 0 Å². The fourth-order valence-electron chi connectivity index (χ4n) is 1.34. The summed E-state index contributed by atoms with van der Waals surface area (Å²) in [6.45, 7) is 0.575. The van der Waals surface area contributed by atoms with Gasteiger partial charge in [0.1, 0.15) is 0 Å². The molecule has 2 aromatic heterocycles. The van der Waals surface area contributed by atoms with E-state index in [0.29, 0.717) is 12.1 Å². The Hall–Kier alpha value is -2.17. The van der Waals surface area contributed by atoms with Crippen LogP contribution in [0.4, 0.5) is 0 Å². The lowest BCUT2D eigenvalue weighted by Crippen LogP contribution is -2.25. The van der Waals surface area contributed by atoms with Gasteiger partial charge >= 0.3 is 0 Å². The molecule has 0 fully saturated rings. The zero-order valence-electron chi connectivity index (χ0n) is 8.68. The number of hydrogen-bond donors (Lipinski definition) is 2. The highest BCUT2D eigenvalue weighted by molar-refractivity contribution is 5.93. The van der Waals surface area contributed by atoms with Gasteiger partial charge in [-0.1, -0.05) is 0 Å². The van der Waals surface area contributed by atoms with Crippen molar-refractivity contribution in [1.29, 1.82) is 0 Å². The Kier molecular flexibility index (Phi) is 3.28. The number of pyridine rings is 1. The van der Waals surface area contributed by atoms with Gasteiger partial charge in [0.25, 0.3) is 5.91 Å². The first kappa shape index (κ1) is 10.4. The van der Waals surface area contributed by atoms with Crippen molar-refractivity contribution in [2.75, 3.05) is 6.54 Å². The third kappa shape index (κ3) is 2.66. The predicted octanol–water partition coefficient (Wildman–Crippen LogP) is 0.777. The maximum atomic E-state index is 11.6. The predicted molar refractivity (Wildman–Crippen MR) is 58.9 cm³/mol. The zero-order chi connectivity index (χ0) is 11.2. The van der Waals surface area contributed by atoms with Crippen LogP contribution in [0.5, 0.6) is 0 Å². The standard InChI is InChI=1S/C11H12N4O/c16-11(9-1-4-12-5-2-9)14-6-3-10-7-13-8-15-10/h1-2,4-5,7-8H,3,6H2,(H,13,15)(H,14,16). The van der Waals surface area contributed by atoms with Gasteiger partial charge in [0, 0.05) is 37.1 Å². The number of amides is 1. The van der Waals surface area contributed by atoms with Crippen LogP contribution < -0.4 is 5.32 Å². The molecule has 0 spiro atoms. The lowest BCUT2D eigenvalue weighted by atomic mass is 10.2. The molecule has 2 aromatic rings. The van der Waals surface area contributed by atoms with Crippen LogP contribution in [-0.2, 0) is 6.42 Å². The molecule has 0 bridgehead atoms. The number of imidazole rings is 1. The molecule has 5 heteroatoms. The fraction of sp³-hybridized carbons (Fsp3) is 0.182. The molecule has 0 aliphatic carbocycles. The van der Waals surface area contributed by atoms with Crippen LogP contribution in [0.2, 0.25) is 0 Å². The lowest BCUT2D eigenvalue weighted by molar-refractivity contribution is 0.0954. The number of carbonyl (C=O) groups is 1. The third-order valence-electron chi connectivity index (χ3n) is 2.16. The van der Waals surface area contributed by atoms with Crippen LogP contribution in [0.1, 0.15) is 16.1 Å². The highest BCUT2D eigenvalue weighted by Crippen LogP contribution is 1.96. The molecule has 1 amide bonds. The summed E-state index contributed by atoms with van der Waals surface area (Å²) < 4.78 is 0. The fourth-order valence-corrected chi connectivity index (χ4v) is 1.34. The maximum absolute atomic E-state index is 11.6. The minimum absolute atomic E-state index is 0.0852. The van der Waals surface area contributed by atoms with Crippen molar-refractivity contribution < 1.29 is 4.79 Å². The number of aromatic nitrogens is 3. The highest BCUT2D eigenvalue weighted by atomic mass is 16.1. The monoisotopic (exact) mass is 216 g/mol. The molecule has 16 heavy (non-hydrogen) atoms. The van der Waals surface area contributed by atoms with Gasteiger partial charge in [-0.25, -0.2) is 4.98 Å². The minimum atomic E-state index is -0.0852. The zero-order valence-corrected chi connectivity index (χ0v) is 8.68. The van der Waals surface area contributed by atoms with Crippen molar-refractivity contribution in [2.45, 2.75) is 6.42 Å². The molecule has 0 saturated heterocycles. The average Bonchev–Trinajstić information content (AvgIpc) is 2.83. The Morgan fingerprint density at radius 2 is 2.19 bits per heavy atom. The van der Waals surface area contributed by atoms with Gasteiger partial charge in [-0.05, 0) is 12.1 Å². The summed E-state index contributed by atoms with van der Waals surface area (Å²) in [4.78, 5) is 22.4. The molecule has 0 unspecified atom stereocenters. The molecule has 0 aliphatic heterocycles. The number of aromatic amines is 1. The van der Waals surface area contributed by atoms with E-state index < -0.39 is 0 Å². The molecule has 0 saturated carbocycles. The van der Waals surface area contributed by atoms with Crippen molar-refractivity contribution >= 4 is 5.91 Å². The van der Waals surface area contributed by atoms with Crippen LogP contribution in [-0.4, -0.2) is 27.4 Å². The van der Waals surface area contributed by atoms with E-state index in [-0.39, 0.29) is 5.91 Å². The highest BCUT2D eigenvalue weighted by Gasteiger charge is 2.03. The Morgan fingerprint density at radius 3 is 2.88 bits per heavy atom. The summed E-state index contributed by atoms with van der Waals surface area (Å²) in [7, 11) is 0. The Balaban J connectivity index is 1.81. The molecule has 0 radical (unpaired) electrons. The summed E-state index contributed by atoms with van der Waals surface area (Å²) >= 11 is 0. The average molecular weight is 216 g/mol. The summed E-state index contributed by atoms with van der Waals surface area (Å²) in [6, 6.07) is 3.37. The van der Waals surface area contributed by atoms with Gasteiger partial charge in [0.2, 0.25) is 0 Å². The van der Waals surface area contributed by atoms with E-state index in [1.54, 1.807) is 30.9 Å². The van der Waals surface area contributed by atoms with Crippen LogP contribution in [0.25, 0.3) is 0 Å². The van der Waals surface area contributed by atoms with Crippen molar-refractivity contribution in [3.63, 3.8) is 0 Å². The molecular formula is C11H12N4O. The quantitative estimate of drug-likeness (QED) is 0.793. The molecule has 82 valence electrons. The first-order valence-corrected chi connectivity index (χ1v) is 5.02. The largest absolute Gasteiger partial charge is 0.352 e. The second-order valence-electron chi connectivity index (χ2n) is 3.30. The van der Waals surface area contributed by atoms with E-state index in [0.717, 1.165) is 12.1 Å². The Bertz CT molecular complexity index is 438. The van der Waals surface area contributed by atoms with Crippen molar-refractivity contribution in [3.05, 3.63) is 48.3 Å². The van der Waals surface area contributed by atoms with E-state index in [1.165, 1.54) is 0 Å². The van der Waals surface area contributed by atoms with Crippen molar-refractivity contribution in [1.82, 2.24) is 20.3 Å². The maximum Gasteiger partial charge on any atom is 0.251 e. The number of hydrogen-bond acceptors (Lipinski definition) is 3. The molecule has 0 atom stereocenters. The third-order valence-corrected chi connectivity index (χ3v) is 2.16.